The third-order valence-electron chi connectivity index (χ3n) is 4.45. The van der Waals surface area contributed by atoms with E-state index in [9.17, 15) is 0 Å². The van der Waals surface area contributed by atoms with Gasteiger partial charge in [0.15, 0.2) is 0 Å². The number of ether oxygens (including phenoxy) is 1. The van der Waals surface area contributed by atoms with Crippen LogP contribution in [0, 0.1) is 5.92 Å². The second kappa shape index (κ2) is 6.17. The highest BCUT2D eigenvalue weighted by atomic mass is 16.5. The molecule has 3 atom stereocenters. The molecular weight excluding hydrogens is 212 g/mol. The average Bonchev–Trinajstić information content (AvgIpc) is 2.53. The van der Waals surface area contributed by atoms with Crippen molar-refractivity contribution in [1.29, 1.82) is 0 Å². The lowest BCUT2D eigenvalue weighted by Crippen LogP contribution is -2.52. The minimum atomic E-state index is 0.185. The molecule has 3 heteroatoms. The van der Waals surface area contributed by atoms with Crippen molar-refractivity contribution < 1.29 is 4.74 Å². The average molecular weight is 240 g/mol. The van der Waals surface area contributed by atoms with Gasteiger partial charge in [0.1, 0.15) is 0 Å². The molecule has 0 amide bonds. The maximum Gasteiger partial charge on any atom is 0.0645 e. The number of hydrogen-bond donors (Lipinski definition) is 2. The summed E-state index contributed by atoms with van der Waals surface area (Å²) >= 11 is 0. The van der Waals surface area contributed by atoms with E-state index in [1.54, 1.807) is 0 Å². The van der Waals surface area contributed by atoms with Gasteiger partial charge in [-0.15, -0.1) is 0 Å². The van der Waals surface area contributed by atoms with E-state index in [2.05, 4.69) is 12.2 Å². The van der Waals surface area contributed by atoms with Crippen molar-refractivity contribution in [3.05, 3.63) is 0 Å². The van der Waals surface area contributed by atoms with Crippen LogP contribution in [0.2, 0.25) is 0 Å². The molecular formula is C14H28N2O. The predicted octanol–water partition coefficient (Wildman–Crippen LogP) is 2.05. The molecule has 0 bridgehead atoms. The Labute approximate surface area is 105 Å². The van der Waals surface area contributed by atoms with E-state index in [4.69, 9.17) is 10.5 Å². The van der Waals surface area contributed by atoms with Gasteiger partial charge in [0.25, 0.3) is 0 Å². The molecule has 0 aromatic heterocycles. The normalized spacial score (nSPS) is 39.9. The number of rotatable bonds is 3. The van der Waals surface area contributed by atoms with Crippen molar-refractivity contribution in [1.82, 2.24) is 5.32 Å². The Morgan fingerprint density at radius 2 is 2.06 bits per heavy atom. The molecule has 3 nitrogen and oxygen atoms in total. The summed E-state index contributed by atoms with van der Waals surface area (Å²) in [6.07, 6.45) is 8.95. The molecule has 2 rings (SSSR count). The molecule has 0 aromatic rings. The van der Waals surface area contributed by atoms with Crippen LogP contribution < -0.4 is 11.1 Å². The Hall–Kier alpha value is -0.120. The van der Waals surface area contributed by atoms with Crippen LogP contribution in [-0.4, -0.2) is 31.3 Å². The largest absolute Gasteiger partial charge is 0.380 e. The van der Waals surface area contributed by atoms with Crippen LogP contribution in [0.15, 0.2) is 0 Å². The molecule has 2 fully saturated rings. The maximum absolute atomic E-state index is 6.27. The van der Waals surface area contributed by atoms with Crippen molar-refractivity contribution in [3.8, 4) is 0 Å². The molecule has 1 saturated carbocycles. The molecule has 1 aliphatic heterocycles. The molecule has 2 aliphatic rings. The Balaban J connectivity index is 1.79. The van der Waals surface area contributed by atoms with E-state index in [1.807, 2.05) is 0 Å². The SMILES string of the molecule is CC1(NCC2CCCCCC2N)CCCOC1. The van der Waals surface area contributed by atoms with Gasteiger partial charge in [-0.3, -0.25) is 0 Å². The molecule has 0 spiro atoms. The summed E-state index contributed by atoms with van der Waals surface area (Å²) in [6, 6.07) is 0.401. The zero-order valence-electron chi connectivity index (χ0n) is 11.2. The first-order valence-electron chi connectivity index (χ1n) is 7.28. The topological polar surface area (TPSA) is 47.3 Å². The molecule has 3 unspecified atom stereocenters. The minimum absolute atomic E-state index is 0.185. The first kappa shape index (κ1) is 13.3. The Morgan fingerprint density at radius 1 is 1.24 bits per heavy atom. The quantitative estimate of drug-likeness (QED) is 0.742. The Bertz CT molecular complexity index is 226. The summed E-state index contributed by atoms with van der Waals surface area (Å²) < 4.78 is 5.58. The van der Waals surface area contributed by atoms with Gasteiger partial charge < -0.3 is 15.8 Å². The fraction of sp³-hybridized carbons (Fsp3) is 1.00. The van der Waals surface area contributed by atoms with Crippen LogP contribution in [0.3, 0.4) is 0 Å². The van der Waals surface area contributed by atoms with Gasteiger partial charge in [-0.1, -0.05) is 19.3 Å². The Kier molecular flexibility index (Phi) is 4.83. The van der Waals surface area contributed by atoms with Crippen molar-refractivity contribution >= 4 is 0 Å². The van der Waals surface area contributed by atoms with Gasteiger partial charge in [-0.05, 0) is 38.5 Å². The van der Waals surface area contributed by atoms with E-state index in [1.165, 1.54) is 44.9 Å². The van der Waals surface area contributed by atoms with Crippen molar-refractivity contribution in [2.24, 2.45) is 11.7 Å². The number of nitrogens with two attached hydrogens (primary N) is 1. The highest BCUT2D eigenvalue weighted by Gasteiger charge is 2.29. The fourth-order valence-electron chi connectivity index (χ4n) is 3.12. The first-order chi connectivity index (χ1) is 8.20. The second-order valence-electron chi connectivity index (χ2n) is 6.16. The maximum atomic E-state index is 6.27. The van der Waals surface area contributed by atoms with Gasteiger partial charge in [0.2, 0.25) is 0 Å². The van der Waals surface area contributed by atoms with Gasteiger partial charge in [0.05, 0.1) is 6.61 Å². The zero-order chi connectivity index (χ0) is 12.1. The molecule has 1 aliphatic carbocycles. The lowest BCUT2D eigenvalue weighted by molar-refractivity contribution is 0.0262. The third kappa shape index (κ3) is 3.94. The third-order valence-corrected chi connectivity index (χ3v) is 4.45. The molecule has 3 N–H and O–H groups in total. The number of hydrogen-bond acceptors (Lipinski definition) is 3. The van der Waals surface area contributed by atoms with Crippen LogP contribution in [-0.2, 0) is 4.74 Å². The summed E-state index contributed by atoms with van der Waals surface area (Å²) in [6.45, 7) is 5.14. The van der Waals surface area contributed by atoms with E-state index in [0.29, 0.717) is 12.0 Å². The van der Waals surface area contributed by atoms with E-state index < -0.39 is 0 Å². The van der Waals surface area contributed by atoms with E-state index in [0.717, 1.165) is 19.8 Å². The molecule has 0 radical (unpaired) electrons. The van der Waals surface area contributed by atoms with Crippen molar-refractivity contribution in [2.75, 3.05) is 19.8 Å². The molecule has 17 heavy (non-hydrogen) atoms. The summed E-state index contributed by atoms with van der Waals surface area (Å²) in [4.78, 5) is 0. The van der Waals surface area contributed by atoms with E-state index in [-0.39, 0.29) is 5.54 Å². The smallest absolute Gasteiger partial charge is 0.0645 e. The van der Waals surface area contributed by atoms with Gasteiger partial charge >= 0.3 is 0 Å². The van der Waals surface area contributed by atoms with Gasteiger partial charge in [-0.2, -0.15) is 0 Å². The molecule has 100 valence electrons. The van der Waals surface area contributed by atoms with Crippen LogP contribution in [0.4, 0.5) is 0 Å². The van der Waals surface area contributed by atoms with Crippen LogP contribution in [0.1, 0.15) is 51.9 Å². The number of nitrogens with one attached hydrogen (secondary N) is 1. The molecule has 1 heterocycles. The van der Waals surface area contributed by atoms with Crippen molar-refractivity contribution in [3.63, 3.8) is 0 Å². The standard InChI is InChI=1S/C14H28N2O/c1-14(8-5-9-17-11-14)16-10-12-6-3-2-4-7-13(12)15/h12-13,16H,2-11,15H2,1H3. The zero-order valence-corrected chi connectivity index (χ0v) is 11.2. The minimum Gasteiger partial charge on any atom is -0.380 e. The predicted molar refractivity (Wildman–Crippen MR) is 71.0 cm³/mol. The summed E-state index contributed by atoms with van der Waals surface area (Å²) in [5.74, 6) is 0.663. The van der Waals surface area contributed by atoms with Gasteiger partial charge in [0, 0.05) is 24.7 Å². The second-order valence-corrected chi connectivity index (χ2v) is 6.16. The Morgan fingerprint density at radius 3 is 2.82 bits per heavy atom. The summed E-state index contributed by atoms with van der Waals surface area (Å²) in [5.41, 5.74) is 6.45. The van der Waals surface area contributed by atoms with Crippen molar-refractivity contribution in [2.45, 2.75) is 63.5 Å². The summed E-state index contributed by atoms with van der Waals surface area (Å²) in [5, 5.41) is 3.72. The summed E-state index contributed by atoms with van der Waals surface area (Å²) in [7, 11) is 0. The highest BCUT2D eigenvalue weighted by molar-refractivity contribution is 4.88. The van der Waals surface area contributed by atoms with Gasteiger partial charge in [-0.25, -0.2) is 0 Å². The molecule has 0 aromatic carbocycles. The molecule has 1 saturated heterocycles. The monoisotopic (exact) mass is 240 g/mol. The van der Waals surface area contributed by atoms with E-state index >= 15 is 0 Å². The highest BCUT2D eigenvalue weighted by Crippen LogP contribution is 2.24. The van der Waals surface area contributed by atoms with Crippen LogP contribution >= 0.6 is 0 Å². The van der Waals surface area contributed by atoms with Crippen LogP contribution in [0.5, 0.6) is 0 Å². The fourth-order valence-corrected chi connectivity index (χ4v) is 3.12. The lowest BCUT2D eigenvalue weighted by Gasteiger charge is -2.36. The van der Waals surface area contributed by atoms with Crippen LogP contribution in [0.25, 0.3) is 0 Å². The first-order valence-corrected chi connectivity index (χ1v) is 7.28. The lowest BCUT2D eigenvalue weighted by atomic mass is 9.91.